The molecular formula is C20H27N5O. The highest BCUT2D eigenvalue weighted by Crippen LogP contribution is 2.36. The minimum absolute atomic E-state index is 0.120. The first-order valence-electron chi connectivity index (χ1n) is 9.18. The van der Waals surface area contributed by atoms with E-state index in [1.165, 1.54) is 37.7 Å². The van der Waals surface area contributed by atoms with Crippen molar-refractivity contribution in [2.24, 2.45) is 0 Å². The van der Waals surface area contributed by atoms with Crippen LogP contribution < -0.4 is 15.4 Å². The number of anilines is 2. The molecule has 1 aliphatic rings. The summed E-state index contributed by atoms with van der Waals surface area (Å²) in [5, 5.41) is 14.2. The molecule has 6 nitrogen and oxygen atoms in total. The molecule has 0 atom stereocenters. The van der Waals surface area contributed by atoms with Crippen molar-refractivity contribution < 1.29 is 4.74 Å². The number of ether oxygens (including phenoxy) is 1. The lowest BCUT2D eigenvalue weighted by molar-refractivity contribution is 0.415. The first-order valence-corrected chi connectivity index (χ1v) is 9.18. The van der Waals surface area contributed by atoms with Crippen LogP contribution in [0.15, 0.2) is 24.3 Å². The van der Waals surface area contributed by atoms with Crippen LogP contribution in [0.25, 0.3) is 0 Å². The highest BCUT2D eigenvalue weighted by Gasteiger charge is 2.17. The van der Waals surface area contributed by atoms with E-state index in [0.29, 0.717) is 11.9 Å². The third kappa shape index (κ3) is 4.50. The van der Waals surface area contributed by atoms with Crippen molar-refractivity contribution in [3.63, 3.8) is 0 Å². The second kappa shape index (κ2) is 8.17. The van der Waals surface area contributed by atoms with Crippen LogP contribution in [0.5, 0.6) is 5.75 Å². The molecule has 1 aliphatic carbocycles. The number of hydrogen-bond donors (Lipinski definition) is 3. The Labute approximate surface area is 154 Å². The minimum Gasteiger partial charge on any atom is -0.495 e. The topological polar surface area (TPSA) is 82.9 Å². The van der Waals surface area contributed by atoms with E-state index in [9.17, 15) is 0 Å². The summed E-state index contributed by atoms with van der Waals surface area (Å²) >= 11 is 0. The zero-order chi connectivity index (χ0) is 18.5. The van der Waals surface area contributed by atoms with E-state index in [1.54, 1.807) is 7.11 Å². The van der Waals surface area contributed by atoms with E-state index in [4.69, 9.17) is 10.1 Å². The third-order valence-corrected chi connectivity index (χ3v) is 4.78. The van der Waals surface area contributed by atoms with E-state index >= 15 is 0 Å². The fourth-order valence-corrected chi connectivity index (χ4v) is 3.57. The SMILES string of the molecule is COc1ccc(C2CCCCC2)cc1NC(=N)Nc1nc(C)cc(C)n1. The van der Waals surface area contributed by atoms with Crippen LogP contribution in [0.2, 0.25) is 0 Å². The molecule has 26 heavy (non-hydrogen) atoms. The molecule has 2 aromatic rings. The molecule has 0 saturated heterocycles. The Balaban J connectivity index is 1.75. The molecule has 1 saturated carbocycles. The molecule has 0 bridgehead atoms. The van der Waals surface area contributed by atoms with Crippen molar-refractivity contribution in [3.05, 3.63) is 41.2 Å². The first kappa shape index (κ1) is 18.2. The van der Waals surface area contributed by atoms with Crippen LogP contribution in [-0.2, 0) is 0 Å². The van der Waals surface area contributed by atoms with Crippen molar-refractivity contribution in [2.45, 2.75) is 51.9 Å². The number of guanidine groups is 1. The average molecular weight is 353 g/mol. The highest BCUT2D eigenvalue weighted by molar-refractivity contribution is 6.01. The lowest BCUT2D eigenvalue weighted by Gasteiger charge is -2.23. The molecule has 0 amide bonds. The summed E-state index contributed by atoms with van der Waals surface area (Å²) < 4.78 is 5.46. The molecule has 3 rings (SSSR count). The normalized spacial score (nSPS) is 14.7. The molecule has 3 N–H and O–H groups in total. The van der Waals surface area contributed by atoms with Gasteiger partial charge in [0.15, 0.2) is 5.96 Å². The Morgan fingerprint density at radius 2 is 1.73 bits per heavy atom. The number of methoxy groups -OCH3 is 1. The van der Waals surface area contributed by atoms with E-state index in [1.807, 2.05) is 26.0 Å². The van der Waals surface area contributed by atoms with E-state index in [2.05, 4.69) is 32.7 Å². The van der Waals surface area contributed by atoms with Crippen molar-refractivity contribution in [3.8, 4) is 5.75 Å². The summed E-state index contributed by atoms with van der Waals surface area (Å²) in [5.41, 5.74) is 3.83. The van der Waals surface area contributed by atoms with Crippen molar-refractivity contribution in [2.75, 3.05) is 17.7 Å². The lowest BCUT2D eigenvalue weighted by Crippen LogP contribution is -2.22. The fraction of sp³-hybridized carbons (Fsp3) is 0.450. The van der Waals surface area contributed by atoms with Crippen LogP contribution in [0.1, 0.15) is 55.0 Å². The fourth-order valence-electron chi connectivity index (χ4n) is 3.57. The molecule has 0 aliphatic heterocycles. The van der Waals surface area contributed by atoms with Gasteiger partial charge in [-0.1, -0.05) is 25.3 Å². The average Bonchev–Trinajstić information content (AvgIpc) is 2.61. The molecule has 0 spiro atoms. The van der Waals surface area contributed by atoms with Crippen molar-refractivity contribution in [1.29, 1.82) is 5.41 Å². The minimum atomic E-state index is 0.120. The molecule has 1 aromatic heterocycles. The molecule has 0 unspecified atom stereocenters. The number of benzene rings is 1. The maximum Gasteiger partial charge on any atom is 0.229 e. The van der Waals surface area contributed by atoms with Gasteiger partial charge in [-0.3, -0.25) is 10.7 Å². The summed E-state index contributed by atoms with van der Waals surface area (Å²) in [6, 6.07) is 8.13. The summed E-state index contributed by atoms with van der Waals surface area (Å²) in [6.07, 6.45) is 6.39. The summed E-state index contributed by atoms with van der Waals surface area (Å²) in [6.45, 7) is 3.82. The van der Waals surface area contributed by atoms with Crippen LogP contribution >= 0.6 is 0 Å². The van der Waals surface area contributed by atoms with E-state index in [0.717, 1.165) is 22.8 Å². The predicted molar refractivity (Wildman–Crippen MR) is 105 cm³/mol. The van der Waals surface area contributed by atoms with Gasteiger partial charge in [0, 0.05) is 11.4 Å². The Kier molecular flexibility index (Phi) is 5.71. The van der Waals surface area contributed by atoms with Gasteiger partial charge in [0.25, 0.3) is 0 Å². The van der Waals surface area contributed by atoms with E-state index < -0.39 is 0 Å². The highest BCUT2D eigenvalue weighted by atomic mass is 16.5. The molecule has 138 valence electrons. The second-order valence-electron chi connectivity index (χ2n) is 6.89. The molecule has 1 heterocycles. The second-order valence-corrected chi connectivity index (χ2v) is 6.89. The predicted octanol–water partition coefficient (Wildman–Crippen LogP) is 4.61. The van der Waals surface area contributed by atoms with E-state index in [-0.39, 0.29) is 5.96 Å². The Hall–Kier alpha value is -2.63. The standard InChI is InChI=1S/C20H27N5O/c1-13-11-14(2)23-20(22-13)25-19(21)24-17-12-16(9-10-18(17)26-3)15-7-5-4-6-8-15/h9-12,15H,4-8H2,1-3H3,(H3,21,22,23,24,25). The molecular weight excluding hydrogens is 326 g/mol. The molecule has 1 aromatic carbocycles. The maximum absolute atomic E-state index is 8.23. The monoisotopic (exact) mass is 353 g/mol. The Morgan fingerprint density at radius 3 is 2.38 bits per heavy atom. The van der Waals surface area contributed by atoms with Crippen molar-refractivity contribution in [1.82, 2.24) is 9.97 Å². The number of aryl methyl sites for hydroxylation is 2. The number of nitrogens with one attached hydrogen (secondary N) is 3. The molecule has 0 radical (unpaired) electrons. The quantitative estimate of drug-likeness (QED) is 0.552. The molecule has 1 fully saturated rings. The largest absolute Gasteiger partial charge is 0.495 e. The lowest BCUT2D eigenvalue weighted by atomic mass is 9.84. The van der Waals surface area contributed by atoms with Gasteiger partial charge in [0.1, 0.15) is 5.75 Å². The van der Waals surface area contributed by atoms with Gasteiger partial charge in [0.2, 0.25) is 5.95 Å². The van der Waals surface area contributed by atoms with Gasteiger partial charge < -0.3 is 10.1 Å². The molecule has 6 heteroatoms. The number of nitrogens with zero attached hydrogens (tertiary/aromatic N) is 2. The van der Waals surface area contributed by atoms with Gasteiger partial charge in [0.05, 0.1) is 12.8 Å². The third-order valence-electron chi connectivity index (χ3n) is 4.78. The number of hydrogen-bond acceptors (Lipinski definition) is 4. The zero-order valence-electron chi connectivity index (χ0n) is 15.7. The zero-order valence-corrected chi connectivity index (χ0v) is 15.7. The maximum atomic E-state index is 8.23. The Morgan fingerprint density at radius 1 is 1.04 bits per heavy atom. The van der Waals surface area contributed by atoms with Gasteiger partial charge in [-0.25, -0.2) is 9.97 Å². The summed E-state index contributed by atoms with van der Waals surface area (Å²) in [5.74, 6) is 1.86. The smallest absolute Gasteiger partial charge is 0.229 e. The number of aromatic nitrogens is 2. The van der Waals surface area contributed by atoms with Crippen LogP contribution in [0.4, 0.5) is 11.6 Å². The number of rotatable bonds is 4. The van der Waals surface area contributed by atoms with Gasteiger partial charge in [-0.2, -0.15) is 0 Å². The van der Waals surface area contributed by atoms with Gasteiger partial charge in [-0.15, -0.1) is 0 Å². The van der Waals surface area contributed by atoms with Crippen LogP contribution in [0, 0.1) is 19.3 Å². The van der Waals surface area contributed by atoms with Crippen LogP contribution in [0.3, 0.4) is 0 Å². The van der Waals surface area contributed by atoms with Crippen molar-refractivity contribution >= 4 is 17.6 Å². The first-order chi connectivity index (χ1) is 12.5. The van der Waals surface area contributed by atoms with Crippen LogP contribution in [-0.4, -0.2) is 23.0 Å². The summed E-state index contributed by atoms with van der Waals surface area (Å²) in [4.78, 5) is 8.63. The summed E-state index contributed by atoms with van der Waals surface area (Å²) in [7, 11) is 1.64. The van der Waals surface area contributed by atoms with Gasteiger partial charge in [-0.05, 0) is 56.4 Å². The Bertz CT molecular complexity index is 764. The van der Waals surface area contributed by atoms with Gasteiger partial charge >= 0.3 is 0 Å².